The molecule has 2 rings (SSSR count). The van der Waals surface area contributed by atoms with E-state index in [9.17, 15) is 14.4 Å². The first kappa shape index (κ1) is 25.0. The lowest BCUT2D eigenvalue weighted by molar-refractivity contribution is -0.145. The minimum Gasteiger partial charge on any atom is -0.466 e. The van der Waals surface area contributed by atoms with Crippen molar-refractivity contribution in [3.05, 3.63) is 71.8 Å². The summed E-state index contributed by atoms with van der Waals surface area (Å²) in [5, 5.41) is 2.82. The summed E-state index contributed by atoms with van der Waals surface area (Å²) in [5.74, 6) is -1.26. The van der Waals surface area contributed by atoms with Crippen LogP contribution in [0.25, 0.3) is 0 Å². The summed E-state index contributed by atoms with van der Waals surface area (Å²) < 4.78 is 5.20. The Labute approximate surface area is 193 Å². The number of nitrogens with two attached hydrogens (primary N) is 1. The number of ether oxygens (including phenoxy) is 1. The average Bonchev–Trinajstić information content (AvgIpc) is 2.79. The largest absolute Gasteiger partial charge is 0.466 e. The number of hydrogen-bond acceptors (Lipinski definition) is 5. The van der Waals surface area contributed by atoms with Crippen LogP contribution in [0.3, 0.4) is 0 Å². The molecule has 0 aliphatic carbocycles. The van der Waals surface area contributed by atoms with Crippen LogP contribution in [0.2, 0.25) is 0 Å². The van der Waals surface area contributed by atoms with E-state index >= 15 is 0 Å². The summed E-state index contributed by atoms with van der Waals surface area (Å²) in [6, 6.07) is 19.5. The minimum atomic E-state index is -0.452. The van der Waals surface area contributed by atoms with Crippen molar-refractivity contribution < 1.29 is 19.1 Å². The van der Waals surface area contributed by atoms with Gasteiger partial charge in [0.25, 0.3) is 0 Å². The lowest BCUT2D eigenvalue weighted by Crippen LogP contribution is -2.43. The van der Waals surface area contributed by atoms with Gasteiger partial charge < -0.3 is 20.7 Å². The first-order valence-corrected chi connectivity index (χ1v) is 11.0. The van der Waals surface area contributed by atoms with Gasteiger partial charge in [-0.1, -0.05) is 60.7 Å². The van der Waals surface area contributed by atoms with Crippen molar-refractivity contribution in [2.45, 2.75) is 38.6 Å². The average molecular weight is 456 g/mol. The fraction of sp³-hybridized carbons (Fsp3) is 0.333. The van der Waals surface area contributed by atoms with E-state index in [0.29, 0.717) is 13.2 Å². The number of carbonyl (C=O) groups is 3. The third-order valence-electron chi connectivity index (χ3n) is 4.65. The first-order valence-electron chi connectivity index (χ1n) is 10.5. The molecule has 32 heavy (non-hydrogen) atoms. The number of primary amides is 1. The molecule has 170 valence electrons. The predicted molar refractivity (Wildman–Crippen MR) is 126 cm³/mol. The van der Waals surface area contributed by atoms with E-state index in [2.05, 4.69) is 5.32 Å². The highest BCUT2D eigenvalue weighted by Crippen LogP contribution is 2.07. The molecule has 0 atom stereocenters. The highest BCUT2D eigenvalue weighted by Gasteiger charge is 2.15. The molecular formula is C24H29N3O4S. The number of amides is 2. The molecular weight excluding hydrogens is 426 g/mol. The Balaban J connectivity index is 1.71. The van der Waals surface area contributed by atoms with Crippen LogP contribution in [0.5, 0.6) is 0 Å². The predicted octanol–water partition coefficient (Wildman–Crippen LogP) is 2.72. The molecule has 2 aromatic carbocycles. The summed E-state index contributed by atoms with van der Waals surface area (Å²) in [6.45, 7) is 1.02. The zero-order valence-corrected chi connectivity index (χ0v) is 18.8. The molecule has 0 aliphatic rings. The zero-order chi connectivity index (χ0) is 23.2. The zero-order valence-electron chi connectivity index (χ0n) is 18.0. The maximum atomic E-state index is 12.2. The van der Waals surface area contributed by atoms with Crippen LogP contribution in [0, 0.1) is 0 Å². The summed E-state index contributed by atoms with van der Waals surface area (Å²) in [4.78, 5) is 37.0. The Morgan fingerprint density at radius 3 is 2.16 bits per heavy atom. The van der Waals surface area contributed by atoms with Crippen LogP contribution in [0.1, 0.15) is 36.8 Å². The van der Waals surface area contributed by atoms with Gasteiger partial charge in [-0.2, -0.15) is 0 Å². The fourth-order valence-electron chi connectivity index (χ4n) is 2.96. The number of hydrogen-bond donors (Lipinski definition) is 2. The number of carbonyl (C=O) groups excluding carboxylic acids is 3. The molecule has 0 aliphatic heterocycles. The molecule has 0 saturated heterocycles. The number of nitrogens with one attached hydrogen (secondary N) is 1. The van der Waals surface area contributed by atoms with Gasteiger partial charge in [0, 0.05) is 25.9 Å². The Morgan fingerprint density at radius 2 is 1.53 bits per heavy atom. The summed E-state index contributed by atoms with van der Waals surface area (Å²) in [6.07, 6.45) is 1.59. The SMILES string of the molecule is NC(=O)CCN(Cc1ccccc1)C(=S)NC(=O)CCC(=O)OCCCc1ccccc1. The van der Waals surface area contributed by atoms with E-state index in [1.807, 2.05) is 60.7 Å². The van der Waals surface area contributed by atoms with E-state index < -0.39 is 11.9 Å². The van der Waals surface area contributed by atoms with Gasteiger partial charge in [-0.15, -0.1) is 0 Å². The van der Waals surface area contributed by atoms with Crippen molar-refractivity contribution in [3.63, 3.8) is 0 Å². The summed E-state index contributed by atoms with van der Waals surface area (Å²) in [7, 11) is 0. The molecule has 8 heteroatoms. The fourth-order valence-corrected chi connectivity index (χ4v) is 3.23. The number of esters is 1. The molecule has 3 N–H and O–H groups in total. The topological polar surface area (TPSA) is 102 Å². The monoisotopic (exact) mass is 455 g/mol. The van der Waals surface area contributed by atoms with Crippen molar-refractivity contribution in [1.82, 2.24) is 10.2 Å². The van der Waals surface area contributed by atoms with E-state index in [1.165, 1.54) is 5.56 Å². The van der Waals surface area contributed by atoms with E-state index in [1.54, 1.807) is 4.90 Å². The Hall–Kier alpha value is -3.26. The van der Waals surface area contributed by atoms with Crippen LogP contribution in [0.4, 0.5) is 0 Å². The number of rotatable bonds is 12. The van der Waals surface area contributed by atoms with E-state index in [0.717, 1.165) is 18.4 Å². The number of benzene rings is 2. The van der Waals surface area contributed by atoms with Crippen LogP contribution >= 0.6 is 12.2 Å². The van der Waals surface area contributed by atoms with E-state index in [4.69, 9.17) is 22.7 Å². The normalized spacial score (nSPS) is 10.2. The maximum Gasteiger partial charge on any atom is 0.306 e. The molecule has 7 nitrogen and oxygen atoms in total. The van der Waals surface area contributed by atoms with Gasteiger partial charge >= 0.3 is 5.97 Å². The second-order valence-corrected chi connectivity index (χ2v) is 7.67. The second kappa shape index (κ2) is 13.9. The molecule has 0 bridgehead atoms. The van der Waals surface area contributed by atoms with Gasteiger partial charge in [0.1, 0.15) is 0 Å². The van der Waals surface area contributed by atoms with Crippen molar-refractivity contribution in [2.24, 2.45) is 5.73 Å². The van der Waals surface area contributed by atoms with Gasteiger partial charge in [0.2, 0.25) is 11.8 Å². The highest BCUT2D eigenvalue weighted by molar-refractivity contribution is 7.80. The van der Waals surface area contributed by atoms with Crippen LogP contribution in [-0.2, 0) is 32.1 Å². The van der Waals surface area contributed by atoms with Crippen molar-refractivity contribution in [2.75, 3.05) is 13.2 Å². The minimum absolute atomic E-state index is 0.0280. The van der Waals surface area contributed by atoms with Gasteiger partial charge in [0.05, 0.1) is 13.0 Å². The van der Waals surface area contributed by atoms with Crippen LogP contribution in [0.15, 0.2) is 60.7 Å². The van der Waals surface area contributed by atoms with Crippen molar-refractivity contribution in [1.29, 1.82) is 0 Å². The van der Waals surface area contributed by atoms with Gasteiger partial charge in [0.15, 0.2) is 5.11 Å². The second-order valence-electron chi connectivity index (χ2n) is 7.29. The number of aryl methyl sites for hydroxylation is 1. The lowest BCUT2D eigenvalue weighted by atomic mass is 10.1. The lowest BCUT2D eigenvalue weighted by Gasteiger charge is -2.25. The van der Waals surface area contributed by atoms with Gasteiger partial charge in [-0.05, 0) is 36.2 Å². The molecule has 2 amide bonds. The van der Waals surface area contributed by atoms with Crippen LogP contribution < -0.4 is 11.1 Å². The molecule has 0 saturated carbocycles. The highest BCUT2D eigenvalue weighted by atomic mass is 32.1. The molecule has 0 aromatic heterocycles. The van der Waals surface area contributed by atoms with Gasteiger partial charge in [-0.25, -0.2) is 0 Å². The van der Waals surface area contributed by atoms with Crippen molar-refractivity contribution in [3.8, 4) is 0 Å². The standard InChI is InChI=1S/C24H29N3O4S/c25-21(28)15-16-27(18-20-10-5-2-6-11-20)24(32)26-22(29)13-14-23(30)31-17-7-12-19-8-3-1-4-9-19/h1-6,8-11H,7,12-18H2,(H2,25,28)(H,26,29,32). The Bertz CT molecular complexity index is 891. The third kappa shape index (κ3) is 10.2. The Kier molecular flexibility index (Phi) is 10.9. The van der Waals surface area contributed by atoms with Crippen LogP contribution in [-0.4, -0.2) is 40.9 Å². The van der Waals surface area contributed by atoms with Crippen molar-refractivity contribution >= 4 is 35.1 Å². The third-order valence-corrected chi connectivity index (χ3v) is 5.01. The smallest absolute Gasteiger partial charge is 0.306 e. The number of thiocarbonyl (C=S) groups is 1. The molecule has 0 radical (unpaired) electrons. The Morgan fingerprint density at radius 1 is 0.906 bits per heavy atom. The maximum absolute atomic E-state index is 12.2. The van der Waals surface area contributed by atoms with Gasteiger partial charge in [-0.3, -0.25) is 14.4 Å². The summed E-state index contributed by atoms with van der Waals surface area (Å²) in [5.41, 5.74) is 7.42. The van der Waals surface area contributed by atoms with E-state index in [-0.39, 0.29) is 36.8 Å². The molecule has 0 heterocycles. The molecule has 0 fully saturated rings. The number of nitrogens with zero attached hydrogens (tertiary/aromatic N) is 1. The quantitative estimate of drug-likeness (QED) is 0.290. The molecule has 0 unspecified atom stereocenters. The molecule has 0 spiro atoms. The molecule has 2 aromatic rings. The summed E-state index contributed by atoms with van der Waals surface area (Å²) >= 11 is 5.34. The first-order chi connectivity index (χ1) is 15.4.